The van der Waals surface area contributed by atoms with Gasteiger partial charge >= 0.3 is 7.82 Å². The van der Waals surface area contributed by atoms with Crippen molar-refractivity contribution >= 4 is 7.82 Å². The van der Waals surface area contributed by atoms with E-state index in [0.717, 1.165) is 6.54 Å². The summed E-state index contributed by atoms with van der Waals surface area (Å²) in [5.41, 5.74) is 0.427. The second-order valence-corrected chi connectivity index (χ2v) is 4.95. The first-order valence-electron chi connectivity index (χ1n) is 5.91. The minimum absolute atomic E-state index is 0.427. The van der Waals surface area contributed by atoms with Gasteiger partial charge in [0.1, 0.15) is 0 Å². The Kier molecular flexibility index (Phi) is 11.3. The molecule has 0 atom stereocenters. The molecule has 106 valence electrons. The van der Waals surface area contributed by atoms with E-state index in [-0.39, 0.29) is 0 Å². The van der Waals surface area contributed by atoms with Crippen molar-refractivity contribution in [2.24, 2.45) is 0 Å². The largest absolute Gasteiger partial charge is 0.500 e. The van der Waals surface area contributed by atoms with Crippen molar-refractivity contribution in [1.82, 2.24) is 5.32 Å². The maximum absolute atomic E-state index is 10.2. The standard InChI is InChI=1S/C10H23N.FH2O4P/c1-5-9-11-10(6-2,7-3)8-4;1-5-6(2,3)4/h11H,5-9H2,1-4H3;(H2,2,3,4). The van der Waals surface area contributed by atoms with E-state index in [4.69, 9.17) is 14.4 Å². The van der Waals surface area contributed by atoms with Crippen molar-refractivity contribution in [3.05, 3.63) is 0 Å². The number of nitrogens with one attached hydrogen (secondary N) is 1. The lowest BCUT2D eigenvalue weighted by molar-refractivity contribution is -0.0389. The molecule has 0 saturated carbocycles. The average molecular weight is 273 g/mol. The lowest BCUT2D eigenvalue weighted by Gasteiger charge is -2.31. The van der Waals surface area contributed by atoms with Gasteiger partial charge in [-0.1, -0.05) is 32.4 Å². The minimum atomic E-state index is -4.81. The summed E-state index contributed by atoms with van der Waals surface area (Å²) in [6.45, 7) is 10.2. The van der Waals surface area contributed by atoms with Crippen LogP contribution >= 0.6 is 7.82 Å². The van der Waals surface area contributed by atoms with Gasteiger partial charge in [-0.3, -0.25) is 0 Å². The molecule has 0 aromatic rings. The third kappa shape index (κ3) is 10.9. The fourth-order valence-electron chi connectivity index (χ4n) is 1.52. The van der Waals surface area contributed by atoms with E-state index >= 15 is 0 Å². The van der Waals surface area contributed by atoms with Crippen LogP contribution in [0.15, 0.2) is 0 Å². The third-order valence-corrected chi connectivity index (χ3v) is 3.05. The first-order chi connectivity index (χ1) is 7.80. The highest BCUT2D eigenvalue weighted by Gasteiger charge is 2.21. The van der Waals surface area contributed by atoms with E-state index in [2.05, 4.69) is 37.7 Å². The van der Waals surface area contributed by atoms with Crippen LogP contribution in [0.25, 0.3) is 0 Å². The summed E-state index contributed by atoms with van der Waals surface area (Å²) >= 11 is 0. The van der Waals surface area contributed by atoms with Gasteiger partial charge < -0.3 is 15.1 Å². The van der Waals surface area contributed by atoms with Gasteiger partial charge in [0.25, 0.3) is 0 Å². The predicted molar refractivity (Wildman–Crippen MR) is 66.1 cm³/mol. The molecule has 7 heteroatoms. The van der Waals surface area contributed by atoms with Gasteiger partial charge in [0.2, 0.25) is 0 Å². The summed E-state index contributed by atoms with van der Waals surface area (Å²) in [5.74, 6) is 0. The van der Waals surface area contributed by atoms with E-state index in [1.165, 1.54) is 25.7 Å². The normalized spacial score (nSPS) is 11.9. The van der Waals surface area contributed by atoms with Crippen LogP contribution in [0.1, 0.15) is 53.4 Å². The maximum atomic E-state index is 10.2. The topological polar surface area (TPSA) is 78.8 Å². The van der Waals surface area contributed by atoms with Gasteiger partial charge in [0.05, 0.1) is 0 Å². The first-order valence-corrected chi connectivity index (χ1v) is 7.44. The van der Waals surface area contributed by atoms with Crippen LogP contribution in [-0.4, -0.2) is 21.9 Å². The van der Waals surface area contributed by atoms with E-state index in [1.807, 2.05) is 0 Å². The average Bonchev–Trinajstić information content (AvgIpc) is 2.32. The van der Waals surface area contributed by atoms with Crippen LogP contribution in [0, 0.1) is 0 Å². The lowest BCUT2D eigenvalue weighted by atomic mass is 9.90. The van der Waals surface area contributed by atoms with Crippen LogP contribution in [0.5, 0.6) is 0 Å². The van der Waals surface area contributed by atoms with Crippen LogP contribution in [0.2, 0.25) is 0 Å². The molecule has 0 spiro atoms. The highest BCUT2D eigenvalue weighted by molar-refractivity contribution is 7.46. The van der Waals surface area contributed by atoms with E-state index in [9.17, 15) is 4.53 Å². The summed E-state index contributed by atoms with van der Waals surface area (Å²) in [6, 6.07) is 0. The monoisotopic (exact) mass is 273 g/mol. The molecule has 0 unspecified atom stereocenters. The Morgan fingerprint density at radius 1 is 1.18 bits per heavy atom. The first kappa shape index (κ1) is 19.3. The number of phosphoric acid groups is 1. The van der Waals surface area contributed by atoms with Gasteiger partial charge in [0, 0.05) is 5.54 Å². The molecule has 0 heterocycles. The molecule has 0 radical (unpaired) electrons. The van der Waals surface area contributed by atoms with E-state index < -0.39 is 7.82 Å². The number of rotatable bonds is 7. The van der Waals surface area contributed by atoms with Crippen molar-refractivity contribution in [1.29, 1.82) is 0 Å². The zero-order chi connectivity index (χ0) is 13.9. The molecule has 5 nitrogen and oxygen atoms in total. The van der Waals surface area contributed by atoms with Gasteiger partial charge in [-0.05, 0) is 36.8 Å². The maximum Gasteiger partial charge on any atom is 0.500 e. The Hall–Kier alpha value is -0.0000000000000000555. The van der Waals surface area contributed by atoms with Gasteiger partial charge in [-0.25, -0.2) is 4.57 Å². The number of hydrogen-bond acceptors (Lipinski definition) is 3. The number of halogens is 1. The molecule has 0 aliphatic heterocycles. The van der Waals surface area contributed by atoms with Crippen LogP contribution < -0.4 is 5.32 Å². The molecule has 0 aliphatic rings. The molecule has 0 bridgehead atoms. The minimum Gasteiger partial charge on any atom is -0.311 e. The number of hydrogen-bond donors (Lipinski definition) is 3. The molecular formula is C10H25FNO4P. The van der Waals surface area contributed by atoms with Gasteiger partial charge in [-0.15, -0.1) is 0 Å². The molecule has 3 N–H and O–H groups in total. The third-order valence-electron chi connectivity index (χ3n) is 2.87. The molecule has 0 saturated heterocycles. The Balaban J connectivity index is 0. The fraction of sp³-hybridized carbons (Fsp3) is 1.00. The second-order valence-electron chi connectivity index (χ2n) is 3.83. The molecular weight excluding hydrogens is 248 g/mol. The summed E-state index contributed by atoms with van der Waals surface area (Å²) < 4.78 is 21.4. The molecule has 0 aliphatic carbocycles. The van der Waals surface area contributed by atoms with Crippen LogP contribution in [-0.2, 0) is 9.29 Å². The van der Waals surface area contributed by atoms with Crippen LogP contribution in [0.4, 0.5) is 4.53 Å². The van der Waals surface area contributed by atoms with Gasteiger partial charge in [-0.2, -0.15) is 0 Å². The van der Waals surface area contributed by atoms with Crippen LogP contribution in [0.3, 0.4) is 0 Å². The highest BCUT2D eigenvalue weighted by atomic mass is 31.2. The summed E-state index contributed by atoms with van der Waals surface area (Å²) in [4.78, 5) is 14.7. The Labute approximate surface area is 103 Å². The molecule has 0 aromatic heterocycles. The zero-order valence-corrected chi connectivity index (χ0v) is 12.0. The Morgan fingerprint density at radius 2 is 1.53 bits per heavy atom. The summed E-state index contributed by atoms with van der Waals surface area (Å²) in [6.07, 6.45) is 4.99. The van der Waals surface area contributed by atoms with Gasteiger partial charge in [0.15, 0.2) is 0 Å². The van der Waals surface area contributed by atoms with Crippen molar-refractivity contribution in [3.63, 3.8) is 0 Å². The molecule has 0 aromatic carbocycles. The summed E-state index contributed by atoms with van der Waals surface area (Å²) in [7, 11) is -4.81. The zero-order valence-electron chi connectivity index (χ0n) is 11.1. The molecule has 0 amide bonds. The SMILES string of the molecule is CCCNC(CC)(CC)CC.O=P(O)(O)OF. The van der Waals surface area contributed by atoms with E-state index in [1.54, 1.807) is 0 Å². The fourth-order valence-corrected chi connectivity index (χ4v) is 1.52. The highest BCUT2D eigenvalue weighted by Crippen LogP contribution is 2.35. The smallest absolute Gasteiger partial charge is 0.311 e. The predicted octanol–water partition coefficient (Wildman–Crippen LogP) is 2.94. The Morgan fingerprint density at radius 3 is 1.71 bits per heavy atom. The molecule has 0 rings (SSSR count). The molecule has 17 heavy (non-hydrogen) atoms. The van der Waals surface area contributed by atoms with Crippen molar-refractivity contribution in [2.75, 3.05) is 6.54 Å². The van der Waals surface area contributed by atoms with E-state index in [0.29, 0.717) is 5.54 Å². The Bertz CT molecular complexity index is 210. The second kappa shape index (κ2) is 9.97. The quantitative estimate of drug-likeness (QED) is 0.621. The summed E-state index contributed by atoms with van der Waals surface area (Å²) in [5, 5.41) is 3.63. The van der Waals surface area contributed by atoms with Crippen molar-refractivity contribution in [2.45, 2.75) is 58.9 Å². The van der Waals surface area contributed by atoms with Crippen molar-refractivity contribution < 1.29 is 23.6 Å². The molecule has 0 fully saturated rings. The lowest BCUT2D eigenvalue weighted by Crippen LogP contribution is -2.43. The van der Waals surface area contributed by atoms with Crippen molar-refractivity contribution in [3.8, 4) is 0 Å².